The molecule has 0 saturated carbocycles. The summed E-state index contributed by atoms with van der Waals surface area (Å²) in [5, 5.41) is 9.07. The molecule has 15 heavy (non-hydrogen) atoms. The Labute approximate surface area is 90.2 Å². The van der Waals surface area contributed by atoms with Crippen LogP contribution in [-0.4, -0.2) is 9.97 Å². The van der Waals surface area contributed by atoms with Crippen LogP contribution in [0.4, 0.5) is 5.95 Å². The normalized spacial score (nSPS) is 9.93. The van der Waals surface area contributed by atoms with E-state index in [1.807, 2.05) is 0 Å². The van der Waals surface area contributed by atoms with Crippen LogP contribution in [0.1, 0.15) is 43.6 Å². The summed E-state index contributed by atoms with van der Waals surface area (Å²) in [6.45, 7) is 4.11. The Bertz CT molecular complexity index is 352. The largest absolute Gasteiger partial charge is 0.368 e. The van der Waals surface area contributed by atoms with Crippen LogP contribution in [0.2, 0.25) is 0 Å². The first kappa shape index (κ1) is 11.4. The highest BCUT2D eigenvalue weighted by Gasteiger charge is 2.11. The smallest absolute Gasteiger partial charge is 0.220 e. The summed E-state index contributed by atoms with van der Waals surface area (Å²) in [5.41, 5.74) is 7.81. The first-order valence-corrected chi connectivity index (χ1v) is 5.28. The number of nitrogens with zero attached hydrogens (tertiary/aromatic N) is 3. The molecule has 1 aromatic heterocycles. The van der Waals surface area contributed by atoms with Gasteiger partial charge in [0.25, 0.3) is 0 Å². The minimum Gasteiger partial charge on any atom is -0.368 e. The fraction of sp³-hybridized carbons (Fsp3) is 0.545. The molecule has 0 aromatic carbocycles. The molecule has 0 fully saturated rings. The van der Waals surface area contributed by atoms with Crippen LogP contribution in [-0.2, 0) is 12.8 Å². The topological polar surface area (TPSA) is 75.6 Å². The number of rotatable bonds is 4. The zero-order chi connectivity index (χ0) is 11.3. The van der Waals surface area contributed by atoms with Gasteiger partial charge in [-0.25, -0.2) is 9.97 Å². The van der Waals surface area contributed by atoms with Gasteiger partial charge in [0.2, 0.25) is 5.95 Å². The van der Waals surface area contributed by atoms with E-state index in [0.29, 0.717) is 5.56 Å². The van der Waals surface area contributed by atoms with Crippen LogP contribution >= 0.6 is 0 Å². The third-order valence-electron chi connectivity index (χ3n) is 2.16. The van der Waals surface area contributed by atoms with Crippen LogP contribution in [0, 0.1) is 11.3 Å². The Morgan fingerprint density at radius 2 is 1.60 bits per heavy atom. The van der Waals surface area contributed by atoms with Crippen molar-refractivity contribution in [1.29, 1.82) is 5.26 Å². The van der Waals surface area contributed by atoms with Gasteiger partial charge in [0.1, 0.15) is 6.07 Å². The van der Waals surface area contributed by atoms with E-state index in [0.717, 1.165) is 37.1 Å². The summed E-state index contributed by atoms with van der Waals surface area (Å²) < 4.78 is 0. The number of anilines is 1. The number of hydrogen-bond donors (Lipinski definition) is 1. The number of hydrogen-bond acceptors (Lipinski definition) is 4. The molecule has 4 heteroatoms. The van der Waals surface area contributed by atoms with E-state index in [-0.39, 0.29) is 5.95 Å². The number of nitrogen functional groups attached to an aromatic ring is 1. The molecule has 0 radical (unpaired) electrons. The van der Waals surface area contributed by atoms with Crippen LogP contribution in [0.5, 0.6) is 0 Å². The highest BCUT2D eigenvalue weighted by molar-refractivity contribution is 5.41. The lowest BCUT2D eigenvalue weighted by atomic mass is 10.1. The van der Waals surface area contributed by atoms with Gasteiger partial charge in [0.15, 0.2) is 0 Å². The predicted octanol–water partition coefficient (Wildman–Crippen LogP) is 1.84. The minimum absolute atomic E-state index is 0.279. The molecule has 1 rings (SSSR count). The van der Waals surface area contributed by atoms with E-state index >= 15 is 0 Å². The fourth-order valence-electron chi connectivity index (χ4n) is 1.54. The summed E-state index contributed by atoms with van der Waals surface area (Å²) in [5.74, 6) is 0.279. The Kier molecular flexibility index (Phi) is 4.04. The summed E-state index contributed by atoms with van der Waals surface area (Å²) in [6.07, 6.45) is 3.48. The molecule has 1 heterocycles. The zero-order valence-corrected chi connectivity index (χ0v) is 9.25. The van der Waals surface area contributed by atoms with Gasteiger partial charge in [-0.2, -0.15) is 5.26 Å². The van der Waals surface area contributed by atoms with Gasteiger partial charge in [-0.3, -0.25) is 0 Å². The molecule has 0 spiro atoms. The third kappa shape index (κ3) is 2.66. The monoisotopic (exact) mass is 204 g/mol. The van der Waals surface area contributed by atoms with E-state index in [4.69, 9.17) is 11.0 Å². The molecule has 4 nitrogen and oxygen atoms in total. The summed E-state index contributed by atoms with van der Waals surface area (Å²) in [4.78, 5) is 8.24. The van der Waals surface area contributed by atoms with Crippen molar-refractivity contribution in [2.24, 2.45) is 0 Å². The van der Waals surface area contributed by atoms with E-state index in [1.54, 1.807) is 0 Å². The quantitative estimate of drug-likeness (QED) is 0.811. The number of nitrogens with two attached hydrogens (primary N) is 1. The zero-order valence-electron chi connectivity index (χ0n) is 9.25. The second-order valence-corrected chi connectivity index (χ2v) is 3.46. The first-order valence-electron chi connectivity index (χ1n) is 5.28. The van der Waals surface area contributed by atoms with Gasteiger partial charge in [-0.15, -0.1) is 0 Å². The molecule has 2 N–H and O–H groups in total. The maximum atomic E-state index is 9.07. The Balaban J connectivity index is 3.20. The van der Waals surface area contributed by atoms with Crippen LogP contribution in [0.25, 0.3) is 0 Å². The highest BCUT2D eigenvalue weighted by atomic mass is 15.0. The van der Waals surface area contributed by atoms with Gasteiger partial charge in [0, 0.05) is 0 Å². The molecular weight excluding hydrogens is 188 g/mol. The SMILES string of the molecule is CCCc1nc(N)nc(CCC)c1C#N. The van der Waals surface area contributed by atoms with Gasteiger partial charge in [-0.05, 0) is 12.8 Å². The molecular formula is C11H16N4. The lowest BCUT2D eigenvalue weighted by Crippen LogP contribution is -2.07. The summed E-state index contributed by atoms with van der Waals surface area (Å²) in [6, 6.07) is 2.18. The molecule has 0 atom stereocenters. The van der Waals surface area contributed by atoms with Gasteiger partial charge < -0.3 is 5.73 Å². The predicted molar refractivity (Wildman–Crippen MR) is 59.1 cm³/mol. The lowest BCUT2D eigenvalue weighted by molar-refractivity contribution is 0.827. The average Bonchev–Trinajstić information content (AvgIpc) is 2.18. The number of aryl methyl sites for hydroxylation is 2. The van der Waals surface area contributed by atoms with Crippen molar-refractivity contribution in [3.05, 3.63) is 17.0 Å². The van der Waals surface area contributed by atoms with Crippen molar-refractivity contribution >= 4 is 5.95 Å². The molecule has 0 aliphatic heterocycles. The second-order valence-electron chi connectivity index (χ2n) is 3.46. The van der Waals surface area contributed by atoms with Crippen LogP contribution in [0.15, 0.2) is 0 Å². The Morgan fingerprint density at radius 1 is 1.13 bits per heavy atom. The Morgan fingerprint density at radius 3 is 1.93 bits per heavy atom. The molecule has 1 aromatic rings. The van der Waals surface area contributed by atoms with Crippen LogP contribution in [0.3, 0.4) is 0 Å². The Hall–Kier alpha value is -1.63. The van der Waals surface area contributed by atoms with Gasteiger partial charge in [0.05, 0.1) is 17.0 Å². The standard InChI is InChI=1S/C11H16N4/c1-3-5-9-8(7-12)10(6-4-2)15-11(13)14-9/h3-6H2,1-2H3,(H2,13,14,15). The molecule has 0 aliphatic rings. The second kappa shape index (κ2) is 5.30. The lowest BCUT2D eigenvalue weighted by Gasteiger charge is -2.07. The van der Waals surface area contributed by atoms with Gasteiger partial charge in [-0.1, -0.05) is 26.7 Å². The van der Waals surface area contributed by atoms with Crippen LogP contribution < -0.4 is 5.73 Å². The van der Waals surface area contributed by atoms with E-state index in [9.17, 15) is 0 Å². The van der Waals surface area contributed by atoms with E-state index in [1.165, 1.54) is 0 Å². The molecule has 0 bridgehead atoms. The van der Waals surface area contributed by atoms with Crippen molar-refractivity contribution in [3.63, 3.8) is 0 Å². The minimum atomic E-state index is 0.279. The van der Waals surface area contributed by atoms with E-state index < -0.39 is 0 Å². The van der Waals surface area contributed by atoms with Crippen molar-refractivity contribution in [2.45, 2.75) is 39.5 Å². The fourth-order valence-corrected chi connectivity index (χ4v) is 1.54. The maximum absolute atomic E-state index is 9.07. The third-order valence-corrected chi connectivity index (χ3v) is 2.16. The van der Waals surface area contributed by atoms with Crippen molar-refractivity contribution in [1.82, 2.24) is 9.97 Å². The van der Waals surface area contributed by atoms with E-state index in [2.05, 4.69) is 29.9 Å². The number of nitriles is 1. The average molecular weight is 204 g/mol. The molecule has 0 saturated heterocycles. The van der Waals surface area contributed by atoms with Crippen molar-refractivity contribution in [2.75, 3.05) is 5.73 Å². The molecule has 80 valence electrons. The molecule has 0 unspecified atom stereocenters. The van der Waals surface area contributed by atoms with Crippen molar-refractivity contribution < 1.29 is 0 Å². The first-order chi connectivity index (χ1) is 7.22. The highest BCUT2D eigenvalue weighted by Crippen LogP contribution is 2.15. The van der Waals surface area contributed by atoms with Gasteiger partial charge >= 0.3 is 0 Å². The maximum Gasteiger partial charge on any atom is 0.220 e. The molecule has 0 aliphatic carbocycles. The number of aromatic nitrogens is 2. The summed E-state index contributed by atoms with van der Waals surface area (Å²) >= 11 is 0. The molecule has 0 amide bonds. The summed E-state index contributed by atoms with van der Waals surface area (Å²) in [7, 11) is 0. The van der Waals surface area contributed by atoms with Crippen molar-refractivity contribution in [3.8, 4) is 6.07 Å².